The molecule has 0 saturated carbocycles. The van der Waals surface area contributed by atoms with Crippen molar-refractivity contribution < 1.29 is 18.8 Å². The molecule has 174 valence electrons. The Morgan fingerprint density at radius 3 is 2.47 bits per heavy atom. The standard InChI is InChI=1S/C24H21FN4O4S/c1-14(2)29-22(31)17-9-5-4-8-16(17)20(27-29)21(30)26-11-12-28-23(32)19(34-24(28)33)13-15-7-3-6-10-18(15)25/h3-10,13-14H,11-12H2,1-2H3,(H,26,30)/b19-13-. The van der Waals surface area contributed by atoms with Gasteiger partial charge in [-0.3, -0.25) is 24.1 Å². The third kappa shape index (κ3) is 4.49. The van der Waals surface area contributed by atoms with Crippen LogP contribution in [-0.4, -0.2) is 44.8 Å². The molecule has 8 nitrogen and oxygen atoms in total. The van der Waals surface area contributed by atoms with Crippen molar-refractivity contribution in [1.29, 1.82) is 0 Å². The Bertz CT molecular complexity index is 1400. The van der Waals surface area contributed by atoms with E-state index >= 15 is 0 Å². The van der Waals surface area contributed by atoms with E-state index < -0.39 is 22.9 Å². The van der Waals surface area contributed by atoms with Gasteiger partial charge in [0.15, 0.2) is 5.69 Å². The molecule has 1 N–H and O–H groups in total. The molecule has 0 aliphatic carbocycles. The van der Waals surface area contributed by atoms with Crippen LogP contribution in [0.3, 0.4) is 0 Å². The Morgan fingerprint density at radius 1 is 1.09 bits per heavy atom. The highest BCUT2D eigenvalue weighted by Gasteiger charge is 2.35. The van der Waals surface area contributed by atoms with Crippen molar-refractivity contribution in [3.63, 3.8) is 0 Å². The lowest BCUT2D eigenvalue weighted by molar-refractivity contribution is -0.122. The molecule has 0 spiro atoms. The quantitative estimate of drug-likeness (QED) is 0.541. The van der Waals surface area contributed by atoms with Gasteiger partial charge in [-0.15, -0.1) is 0 Å². The van der Waals surface area contributed by atoms with E-state index in [4.69, 9.17) is 0 Å². The predicted molar refractivity (Wildman–Crippen MR) is 128 cm³/mol. The Labute approximate surface area is 198 Å². The lowest BCUT2D eigenvalue weighted by Crippen LogP contribution is -2.38. The van der Waals surface area contributed by atoms with Gasteiger partial charge in [-0.05, 0) is 43.8 Å². The molecule has 1 aliphatic rings. The van der Waals surface area contributed by atoms with Gasteiger partial charge < -0.3 is 5.32 Å². The Hall–Kier alpha value is -3.79. The Balaban J connectivity index is 1.49. The van der Waals surface area contributed by atoms with Gasteiger partial charge in [-0.25, -0.2) is 9.07 Å². The number of nitrogens with one attached hydrogen (secondary N) is 1. The lowest BCUT2D eigenvalue weighted by Gasteiger charge is -2.15. The number of carbonyl (C=O) groups excluding carboxylic acids is 3. The largest absolute Gasteiger partial charge is 0.349 e. The molecule has 1 aliphatic heterocycles. The Morgan fingerprint density at radius 2 is 1.76 bits per heavy atom. The van der Waals surface area contributed by atoms with Crippen LogP contribution < -0.4 is 10.9 Å². The summed E-state index contributed by atoms with van der Waals surface area (Å²) in [7, 11) is 0. The topological polar surface area (TPSA) is 101 Å². The van der Waals surface area contributed by atoms with E-state index in [9.17, 15) is 23.6 Å². The molecular formula is C24H21FN4O4S. The zero-order chi connectivity index (χ0) is 24.4. The third-order valence-corrected chi connectivity index (χ3v) is 6.13. The van der Waals surface area contributed by atoms with Crippen molar-refractivity contribution in [2.24, 2.45) is 0 Å². The molecule has 0 bridgehead atoms. The maximum absolute atomic E-state index is 13.9. The zero-order valence-corrected chi connectivity index (χ0v) is 19.3. The van der Waals surface area contributed by atoms with E-state index in [-0.39, 0.29) is 40.9 Å². The van der Waals surface area contributed by atoms with Gasteiger partial charge in [0.05, 0.1) is 16.3 Å². The predicted octanol–water partition coefficient (Wildman–Crippen LogP) is 3.58. The van der Waals surface area contributed by atoms with Crippen LogP contribution >= 0.6 is 11.8 Å². The Kier molecular flexibility index (Phi) is 6.60. The highest BCUT2D eigenvalue weighted by atomic mass is 32.2. The van der Waals surface area contributed by atoms with Gasteiger partial charge in [0.2, 0.25) is 0 Å². The molecule has 3 amide bonds. The number of amides is 3. The highest BCUT2D eigenvalue weighted by Crippen LogP contribution is 2.32. The first-order valence-corrected chi connectivity index (χ1v) is 11.4. The molecule has 0 unspecified atom stereocenters. The zero-order valence-electron chi connectivity index (χ0n) is 18.4. The summed E-state index contributed by atoms with van der Waals surface area (Å²) in [5.41, 5.74) is -0.00127. The van der Waals surface area contributed by atoms with Gasteiger partial charge in [0.25, 0.3) is 22.6 Å². The number of halogens is 1. The molecule has 2 aromatic carbocycles. The number of carbonyl (C=O) groups is 3. The lowest BCUT2D eigenvalue weighted by atomic mass is 10.1. The van der Waals surface area contributed by atoms with Gasteiger partial charge in [0, 0.05) is 24.0 Å². The van der Waals surface area contributed by atoms with Crippen LogP contribution in [0.4, 0.5) is 9.18 Å². The fraction of sp³-hybridized carbons (Fsp3) is 0.208. The number of benzene rings is 2. The van der Waals surface area contributed by atoms with E-state index in [1.165, 1.54) is 29.0 Å². The first kappa shape index (κ1) is 23.4. The van der Waals surface area contributed by atoms with Crippen LogP contribution in [0.15, 0.2) is 58.2 Å². The minimum atomic E-state index is -0.551. The highest BCUT2D eigenvalue weighted by molar-refractivity contribution is 8.18. The van der Waals surface area contributed by atoms with Crippen molar-refractivity contribution in [2.75, 3.05) is 13.1 Å². The summed E-state index contributed by atoms with van der Waals surface area (Å²) in [6, 6.07) is 12.4. The number of imide groups is 1. The maximum Gasteiger partial charge on any atom is 0.293 e. The van der Waals surface area contributed by atoms with Crippen molar-refractivity contribution in [2.45, 2.75) is 19.9 Å². The summed E-state index contributed by atoms with van der Waals surface area (Å²) in [6.07, 6.45) is 1.34. The van der Waals surface area contributed by atoms with Crippen LogP contribution in [0.5, 0.6) is 0 Å². The van der Waals surface area contributed by atoms with Crippen LogP contribution in [0.1, 0.15) is 35.9 Å². The molecule has 2 heterocycles. The molecule has 0 atom stereocenters. The molecule has 3 aromatic rings. The van der Waals surface area contributed by atoms with Crippen molar-refractivity contribution in [3.8, 4) is 0 Å². The molecule has 4 rings (SSSR count). The summed E-state index contributed by atoms with van der Waals surface area (Å²) in [5, 5.41) is 7.20. The van der Waals surface area contributed by atoms with E-state index in [1.54, 1.807) is 44.2 Å². The second-order valence-corrected chi connectivity index (χ2v) is 8.84. The van der Waals surface area contributed by atoms with Gasteiger partial charge >= 0.3 is 0 Å². The van der Waals surface area contributed by atoms with Crippen LogP contribution in [0.25, 0.3) is 16.8 Å². The smallest absolute Gasteiger partial charge is 0.293 e. The summed E-state index contributed by atoms with van der Waals surface area (Å²) in [4.78, 5) is 51.6. The summed E-state index contributed by atoms with van der Waals surface area (Å²) >= 11 is 0.718. The summed E-state index contributed by atoms with van der Waals surface area (Å²) in [6.45, 7) is 3.51. The van der Waals surface area contributed by atoms with Crippen molar-refractivity contribution in [1.82, 2.24) is 20.0 Å². The summed E-state index contributed by atoms with van der Waals surface area (Å²) < 4.78 is 15.1. The maximum atomic E-state index is 13.9. The van der Waals surface area contributed by atoms with Crippen LogP contribution in [-0.2, 0) is 4.79 Å². The number of rotatable bonds is 6. The fourth-order valence-electron chi connectivity index (χ4n) is 3.52. The molecule has 10 heteroatoms. The number of fused-ring (bicyclic) bond motifs is 1. The number of nitrogens with zero attached hydrogens (tertiary/aromatic N) is 3. The van der Waals surface area contributed by atoms with Crippen LogP contribution in [0.2, 0.25) is 0 Å². The fourth-order valence-corrected chi connectivity index (χ4v) is 4.37. The minimum Gasteiger partial charge on any atom is -0.349 e. The molecule has 1 fully saturated rings. The van der Waals surface area contributed by atoms with E-state index in [1.807, 2.05) is 0 Å². The average molecular weight is 481 g/mol. The molecule has 1 aromatic heterocycles. The molecule has 0 radical (unpaired) electrons. The molecule has 34 heavy (non-hydrogen) atoms. The monoisotopic (exact) mass is 480 g/mol. The minimum absolute atomic E-state index is 0.0132. The molecule has 1 saturated heterocycles. The first-order valence-electron chi connectivity index (χ1n) is 10.6. The van der Waals surface area contributed by atoms with Gasteiger partial charge in [-0.2, -0.15) is 5.10 Å². The first-order chi connectivity index (χ1) is 16.3. The SMILES string of the molecule is CC(C)n1nc(C(=O)NCCN2C(=O)S/C(=C\c3ccccc3F)C2=O)c2ccccc2c1=O. The van der Waals surface area contributed by atoms with E-state index in [0.717, 1.165) is 16.7 Å². The second-order valence-electron chi connectivity index (χ2n) is 7.85. The van der Waals surface area contributed by atoms with Crippen LogP contribution in [0, 0.1) is 5.82 Å². The summed E-state index contributed by atoms with van der Waals surface area (Å²) in [5.74, 6) is -1.58. The number of hydrogen-bond donors (Lipinski definition) is 1. The van der Waals surface area contributed by atoms with E-state index in [0.29, 0.717) is 10.8 Å². The van der Waals surface area contributed by atoms with Crippen molar-refractivity contribution in [3.05, 3.63) is 80.9 Å². The number of thioether (sulfide) groups is 1. The van der Waals surface area contributed by atoms with Gasteiger partial charge in [-0.1, -0.05) is 36.4 Å². The average Bonchev–Trinajstić information content (AvgIpc) is 3.08. The van der Waals surface area contributed by atoms with E-state index in [2.05, 4.69) is 10.4 Å². The van der Waals surface area contributed by atoms with Gasteiger partial charge in [0.1, 0.15) is 5.82 Å². The van der Waals surface area contributed by atoms with Crippen molar-refractivity contribution >= 4 is 45.7 Å². The molecular weight excluding hydrogens is 459 g/mol. The normalized spacial score (nSPS) is 15.1. The number of aromatic nitrogens is 2. The number of hydrogen-bond acceptors (Lipinski definition) is 6. The second kappa shape index (κ2) is 9.60. The third-order valence-electron chi connectivity index (χ3n) is 5.22.